The van der Waals surface area contributed by atoms with E-state index in [1.54, 1.807) is 22.2 Å². The van der Waals surface area contributed by atoms with Crippen LogP contribution in [0.3, 0.4) is 0 Å². The third kappa shape index (κ3) is 7.51. The van der Waals surface area contributed by atoms with Gasteiger partial charge in [0.25, 0.3) is 0 Å². The van der Waals surface area contributed by atoms with Crippen molar-refractivity contribution in [2.45, 2.75) is 85.7 Å². The normalized spacial score (nSPS) is 11.9. The Kier molecular flexibility index (Phi) is 10.9. The van der Waals surface area contributed by atoms with Crippen molar-refractivity contribution in [3.63, 3.8) is 0 Å². The van der Waals surface area contributed by atoms with Crippen LogP contribution in [0.15, 0.2) is 73.6 Å². The quantitative estimate of drug-likeness (QED) is 0.102. The van der Waals surface area contributed by atoms with Crippen molar-refractivity contribution in [1.82, 2.24) is 24.1 Å². The Morgan fingerprint density at radius 3 is 2.14 bits per heavy atom. The molecule has 0 bridgehead atoms. The third-order valence-corrected chi connectivity index (χ3v) is 24.7. The number of imidazole rings is 2. The number of aromatic nitrogens is 5. The monoisotopic (exact) mass is 707 g/mol. The second kappa shape index (κ2) is 14.8. The summed E-state index contributed by atoms with van der Waals surface area (Å²) in [6.45, 7) is 8.25. The molecular weight excluding hydrogens is 664 g/mol. The molecule has 0 saturated heterocycles. The molecule has 5 rings (SSSR count). The van der Waals surface area contributed by atoms with Crippen molar-refractivity contribution < 1.29 is 4.39 Å². The molecule has 0 aliphatic rings. The van der Waals surface area contributed by atoms with Gasteiger partial charge in [-0.3, -0.25) is 0 Å². The number of nitrogens with zero attached hydrogens (tertiary/aromatic N) is 5. The molecule has 226 valence electrons. The molecule has 0 unspecified atom stereocenters. The van der Waals surface area contributed by atoms with Crippen LogP contribution in [-0.4, -0.2) is 42.5 Å². The number of fused-ring (bicyclic) bond motifs is 1. The van der Waals surface area contributed by atoms with Gasteiger partial charge < -0.3 is 0 Å². The number of hydrogen-bond acceptors (Lipinski definition) is 3. The summed E-state index contributed by atoms with van der Waals surface area (Å²) >= 11 is 3.77. The Morgan fingerprint density at radius 2 is 1.51 bits per heavy atom. The number of benzene rings is 2. The summed E-state index contributed by atoms with van der Waals surface area (Å²) in [6, 6.07) is 14.8. The van der Waals surface area contributed by atoms with Crippen LogP contribution >= 0.6 is 11.6 Å². The van der Waals surface area contributed by atoms with Gasteiger partial charge in [-0.25, -0.2) is 4.98 Å². The molecule has 0 atom stereocenters. The van der Waals surface area contributed by atoms with Crippen LogP contribution in [0.2, 0.25) is 18.3 Å². The first-order valence-electron chi connectivity index (χ1n) is 15.8. The average Bonchev–Trinajstić information content (AvgIpc) is 3.66. The van der Waals surface area contributed by atoms with Gasteiger partial charge >= 0.3 is 242 Å². The van der Waals surface area contributed by atoms with Gasteiger partial charge in [-0.05, 0) is 0 Å². The van der Waals surface area contributed by atoms with Crippen molar-refractivity contribution in [3.05, 3.63) is 95.5 Å². The van der Waals surface area contributed by atoms with E-state index in [-0.39, 0.29) is 5.02 Å². The summed E-state index contributed by atoms with van der Waals surface area (Å²) in [6.07, 6.45) is 17.0. The van der Waals surface area contributed by atoms with Crippen molar-refractivity contribution in [3.8, 4) is 11.4 Å². The summed E-state index contributed by atoms with van der Waals surface area (Å²) in [7, 11) is 0. The van der Waals surface area contributed by atoms with E-state index in [0.29, 0.717) is 18.6 Å². The fourth-order valence-electron chi connectivity index (χ4n) is 6.29. The second-order valence-electron chi connectivity index (χ2n) is 11.9. The van der Waals surface area contributed by atoms with Gasteiger partial charge in [0.15, 0.2) is 0 Å². The van der Waals surface area contributed by atoms with Gasteiger partial charge in [0, 0.05) is 12.4 Å². The van der Waals surface area contributed by atoms with Crippen molar-refractivity contribution in [2.75, 3.05) is 0 Å². The topological polar surface area (TPSA) is 48.5 Å². The zero-order valence-electron chi connectivity index (χ0n) is 25.7. The Bertz CT molecular complexity index is 1590. The number of unbranched alkanes of at least 4 members (excludes halogenated alkanes) is 3. The molecule has 5 nitrogen and oxygen atoms in total. The zero-order chi connectivity index (χ0) is 30.2. The van der Waals surface area contributed by atoms with E-state index >= 15 is 0 Å². The molecule has 0 amide bonds. The van der Waals surface area contributed by atoms with Crippen molar-refractivity contribution in [1.29, 1.82) is 0 Å². The van der Waals surface area contributed by atoms with E-state index in [1.165, 1.54) is 63.5 Å². The van der Waals surface area contributed by atoms with Gasteiger partial charge in [0.2, 0.25) is 0 Å². The molecule has 2 aromatic carbocycles. The molecule has 0 aliphatic carbocycles. The summed E-state index contributed by atoms with van der Waals surface area (Å²) in [4.78, 5) is 13.6. The minimum absolute atomic E-state index is 0.101. The number of hydrogen-bond donors (Lipinski definition) is 0. The molecule has 0 fully saturated rings. The molecule has 0 aliphatic heterocycles. The fraction of sp³-hybridized carbons (Fsp3) is 0.400. The van der Waals surface area contributed by atoms with E-state index in [9.17, 15) is 4.39 Å². The maximum absolute atomic E-state index is 14.5. The Hall–Kier alpha value is -2.71. The Morgan fingerprint density at radius 1 is 0.814 bits per heavy atom. The van der Waals surface area contributed by atoms with E-state index < -0.39 is 24.2 Å². The molecule has 0 N–H and O–H groups in total. The first-order valence-corrected chi connectivity index (χ1v) is 23.7. The van der Waals surface area contributed by atoms with Crippen LogP contribution in [-0.2, 0) is 13.1 Å². The van der Waals surface area contributed by atoms with E-state index in [0.717, 1.165) is 22.5 Å². The van der Waals surface area contributed by atoms with Crippen molar-refractivity contribution >= 4 is 44.6 Å². The van der Waals surface area contributed by atoms with Crippen LogP contribution in [0.25, 0.3) is 22.4 Å². The molecule has 3 heterocycles. The summed E-state index contributed by atoms with van der Waals surface area (Å²) in [5.74, 6) is 0.292. The van der Waals surface area contributed by atoms with Crippen LogP contribution in [0.5, 0.6) is 0 Å². The fourth-order valence-corrected chi connectivity index (χ4v) is 22.4. The Balaban J connectivity index is 1.51. The molecular formula is C35H43ClFN5Sn. The summed E-state index contributed by atoms with van der Waals surface area (Å²) in [5, 5.41) is 0.101. The first kappa shape index (κ1) is 31.7. The number of halogens is 2. The molecule has 0 radical (unpaired) electrons. The molecule has 5 aromatic rings. The minimum atomic E-state index is -2.52. The third-order valence-electron chi connectivity index (χ3n) is 8.70. The van der Waals surface area contributed by atoms with Crippen LogP contribution in [0, 0.1) is 5.82 Å². The molecule has 0 spiro atoms. The second-order valence-corrected chi connectivity index (χ2v) is 25.5. The molecule has 3 aromatic heterocycles. The molecule has 8 heteroatoms. The van der Waals surface area contributed by atoms with E-state index in [4.69, 9.17) is 16.6 Å². The number of rotatable bonds is 15. The van der Waals surface area contributed by atoms with Crippen LogP contribution < -0.4 is 3.58 Å². The van der Waals surface area contributed by atoms with Crippen LogP contribution in [0.4, 0.5) is 4.39 Å². The standard InChI is InChI=1S/C23H16ClFN5.3C4H9.Sn/c24-19-9-22-21(10-20(19)25)28-23(30(22)14-16-4-2-1-3-5-16)18-8-17(11-27-12-18)13-29-7-6-26-15-29;3*1-3-4-2;/h2-12,15H,13-14H2;3*1,3-4H2,2H3;. The summed E-state index contributed by atoms with van der Waals surface area (Å²) in [5.41, 5.74) is 4.53. The number of pyridine rings is 1. The predicted octanol–water partition coefficient (Wildman–Crippen LogP) is 9.24. The van der Waals surface area contributed by atoms with Gasteiger partial charge in [0.1, 0.15) is 0 Å². The van der Waals surface area contributed by atoms with E-state index in [1.807, 2.05) is 23.2 Å². The van der Waals surface area contributed by atoms with Gasteiger partial charge in [-0.2, -0.15) is 0 Å². The van der Waals surface area contributed by atoms with E-state index in [2.05, 4.69) is 65.6 Å². The van der Waals surface area contributed by atoms with Gasteiger partial charge in [0.05, 0.1) is 6.33 Å². The maximum atomic E-state index is 14.5. The van der Waals surface area contributed by atoms with Crippen molar-refractivity contribution in [2.24, 2.45) is 0 Å². The van der Waals surface area contributed by atoms with Gasteiger partial charge in [-0.1, -0.05) is 0 Å². The average molecular weight is 707 g/mol. The predicted molar refractivity (Wildman–Crippen MR) is 179 cm³/mol. The molecule has 43 heavy (non-hydrogen) atoms. The van der Waals surface area contributed by atoms with Gasteiger partial charge in [-0.15, -0.1) is 0 Å². The first-order chi connectivity index (χ1) is 21.0. The Labute approximate surface area is 264 Å². The zero-order valence-corrected chi connectivity index (χ0v) is 29.3. The SMILES string of the molecule is CCC[CH2][Sn]([CH2]CCC)([CH2]CCC)[c]1ccc(Cn2c(-c3cncc(Cn4ccnc4)c3)nc3cc(F)c(Cl)cc32)cc1. The summed E-state index contributed by atoms with van der Waals surface area (Å²) < 4.78 is 24.7. The van der Waals surface area contributed by atoms with Crippen LogP contribution in [0.1, 0.15) is 70.4 Å². The molecule has 0 saturated carbocycles.